The number of aromatic nitrogens is 1. The van der Waals surface area contributed by atoms with E-state index in [4.69, 9.17) is 16.3 Å². The fraction of sp³-hybridized carbons (Fsp3) is 0.207. The Balaban J connectivity index is 1.27. The number of Topliss-reactive ketones (excluding diaryl/α,β-unsaturated/α-hetero) is 1. The molecule has 1 saturated heterocycles. The minimum Gasteiger partial charge on any atom is -0.438 e. The van der Waals surface area contributed by atoms with Crippen LogP contribution < -0.4 is 5.32 Å². The number of piperidine rings is 1. The number of para-hydroxylation sites is 1. The molecule has 2 amide bonds. The van der Waals surface area contributed by atoms with Gasteiger partial charge in [-0.25, -0.2) is 9.18 Å². The summed E-state index contributed by atoms with van der Waals surface area (Å²) in [4.78, 5) is 40.6. The van der Waals surface area contributed by atoms with Gasteiger partial charge < -0.3 is 14.2 Å². The van der Waals surface area contributed by atoms with Crippen molar-refractivity contribution in [1.82, 2.24) is 9.47 Å². The molecule has 6 rings (SSSR count). The molecule has 2 aliphatic rings. The molecular weight excluding hydrogens is 509 g/mol. The number of nitrogens with zero attached hydrogens (tertiary/aromatic N) is 2. The second kappa shape index (κ2) is 9.29. The number of ether oxygens (including phenoxy) is 1. The van der Waals surface area contributed by atoms with Gasteiger partial charge in [-0.1, -0.05) is 48.0 Å². The Labute approximate surface area is 222 Å². The molecule has 2 aliphatic heterocycles. The van der Waals surface area contributed by atoms with E-state index in [1.807, 2.05) is 24.3 Å². The summed E-state index contributed by atoms with van der Waals surface area (Å²) in [5, 5.41) is 3.89. The topological polar surface area (TPSA) is 80.6 Å². The highest BCUT2D eigenvalue weighted by Crippen LogP contribution is 2.43. The van der Waals surface area contributed by atoms with Crippen LogP contribution in [0.15, 0.2) is 72.9 Å². The van der Waals surface area contributed by atoms with Crippen LogP contribution in [0.4, 0.5) is 14.9 Å². The minimum absolute atomic E-state index is 0.0730. The third-order valence-corrected chi connectivity index (χ3v) is 7.57. The summed E-state index contributed by atoms with van der Waals surface area (Å²) >= 11 is 6.25. The van der Waals surface area contributed by atoms with Crippen molar-refractivity contribution in [3.63, 3.8) is 0 Å². The largest absolute Gasteiger partial charge is 0.438 e. The number of ketones is 1. The Kier molecular flexibility index (Phi) is 5.91. The van der Waals surface area contributed by atoms with Gasteiger partial charge in [-0.2, -0.15) is 0 Å². The van der Waals surface area contributed by atoms with E-state index >= 15 is 0 Å². The third-order valence-electron chi connectivity index (χ3n) is 7.34. The fourth-order valence-corrected chi connectivity index (χ4v) is 5.61. The normalized spacial score (nSPS) is 16.2. The zero-order valence-corrected chi connectivity index (χ0v) is 21.0. The van der Waals surface area contributed by atoms with Gasteiger partial charge in [0.15, 0.2) is 5.78 Å². The highest BCUT2D eigenvalue weighted by molar-refractivity contribution is 6.31. The highest BCUT2D eigenvalue weighted by atomic mass is 35.5. The standard InChI is InChI=1S/C29H23ClFN3O4/c30-19-8-9-21-22(16-34(25(21)15-19)17-26(35)18-4-3-5-20(31)14-18)27(36)33-12-10-29(11-13-33)23-6-1-2-7-24(23)32-28(37)38-29/h1-9,14-16H,10-13,17H2,(H,32,37). The summed E-state index contributed by atoms with van der Waals surface area (Å²) in [6.07, 6.45) is 2.09. The van der Waals surface area contributed by atoms with Crippen LogP contribution in [0.5, 0.6) is 0 Å². The van der Waals surface area contributed by atoms with Crippen LogP contribution in [0.25, 0.3) is 10.9 Å². The van der Waals surface area contributed by atoms with Crippen molar-refractivity contribution in [2.24, 2.45) is 0 Å². The second-order valence-corrected chi connectivity index (χ2v) is 10.0. The average molecular weight is 532 g/mol. The van der Waals surface area contributed by atoms with Gasteiger partial charge in [-0.15, -0.1) is 0 Å². The lowest BCUT2D eigenvalue weighted by Gasteiger charge is -2.44. The van der Waals surface area contributed by atoms with Crippen LogP contribution >= 0.6 is 11.6 Å². The Morgan fingerprint density at radius 1 is 1.03 bits per heavy atom. The minimum atomic E-state index is -0.783. The Morgan fingerprint density at radius 3 is 2.61 bits per heavy atom. The number of fused-ring (bicyclic) bond motifs is 3. The quantitative estimate of drug-likeness (QED) is 0.327. The summed E-state index contributed by atoms with van der Waals surface area (Å²) in [6, 6.07) is 18.3. The number of hydrogen-bond donors (Lipinski definition) is 1. The first-order valence-electron chi connectivity index (χ1n) is 12.3. The highest BCUT2D eigenvalue weighted by Gasteiger charge is 2.45. The second-order valence-electron chi connectivity index (χ2n) is 9.61. The number of likely N-dealkylation sites (tertiary alicyclic amines) is 1. The molecule has 3 aromatic carbocycles. The van der Waals surface area contributed by atoms with E-state index in [0.717, 1.165) is 11.3 Å². The zero-order chi connectivity index (χ0) is 26.4. The van der Waals surface area contributed by atoms with Crippen LogP contribution in [0.2, 0.25) is 5.02 Å². The molecule has 4 aromatic rings. The van der Waals surface area contributed by atoms with Crippen LogP contribution in [0.1, 0.15) is 39.1 Å². The number of benzene rings is 3. The SMILES string of the molecule is O=C1Nc2ccccc2C2(CCN(C(=O)c3cn(CC(=O)c4cccc(F)c4)c4cc(Cl)ccc34)CC2)O1. The molecule has 0 bridgehead atoms. The lowest BCUT2D eigenvalue weighted by molar-refractivity contribution is -0.0331. The first-order chi connectivity index (χ1) is 18.3. The van der Waals surface area contributed by atoms with Crippen molar-refractivity contribution in [1.29, 1.82) is 0 Å². The number of carbonyl (C=O) groups excluding carboxylic acids is 3. The predicted octanol–water partition coefficient (Wildman–Crippen LogP) is 6.01. The van der Waals surface area contributed by atoms with Crippen LogP contribution in [-0.4, -0.2) is 40.3 Å². The van der Waals surface area contributed by atoms with Crippen molar-refractivity contribution >= 4 is 46.0 Å². The fourth-order valence-electron chi connectivity index (χ4n) is 5.44. The molecule has 1 aromatic heterocycles. The smallest absolute Gasteiger partial charge is 0.412 e. The summed E-state index contributed by atoms with van der Waals surface area (Å²) in [6.45, 7) is 0.711. The van der Waals surface area contributed by atoms with E-state index in [1.54, 1.807) is 39.9 Å². The summed E-state index contributed by atoms with van der Waals surface area (Å²) < 4.78 is 21.1. The van der Waals surface area contributed by atoms with Crippen molar-refractivity contribution < 1.29 is 23.5 Å². The lowest BCUT2D eigenvalue weighted by atomic mass is 9.82. The number of amides is 2. The number of halogens is 2. The first-order valence-corrected chi connectivity index (χ1v) is 12.7. The van der Waals surface area contributed by atoms with E-state index < -0.39 is 17.5 Å². The molecule has 0 saturated carbocycles. The molecular formula is C29H23ClFN3O4. The lowest BCUT2D eigenvalue weighted by Crippen LogP contribution is -2.49. The molecule has 1 fully saturated rings. The number of anilines is 1. The number of rotatable bonds is 4. The third kappa shape index (κ3) is 4.20. The maximum atomic E-state index is 13.7. The van der Waals surface area contributed by atoms with Gasteiger partial charge in [0, 0.05) is 53.7 Å². The number of carbonyl (C=O) groups is 3. The summed E-state index contributed by atoms with van der Waals surface area (Å²) in [5.74, 6) is -0.957. The molecule has 38 heavy (non-hydrogen) atoms. The molecule has 0 radical (unpaired) electrons. The van der Waals surface area contributed by atoms with Gasteiger partial charge >= 0.3 is 6.09 Å². The number of nitrogens with one attached hydrogen (secondary N) is 1. The summed E-state index contributed by atoms with van der Waals surface area (Å²) in [5.41, 5.74) is 2.19. The Morgan fingerprint density at radius 2 is 1.82 bits per heavy atom. The van der Waals surface area contributed by atoms with Gasteiger partial charge in [-0.3, -0.25) is 14.9 Å². The molecule has 192 valence electrons. The number of hydrogen-bond acceptors (Lipinski definition) is 4. The Hall–Kier alpha value is -4.17. The van der Waals surface area contributed by atoms with Gasteiger partial charge in [0.1, 0.15) is 11.4 Å². The molecule has 0 unspecified atom stereocenters. The zero-order valence-electron chi connectivity index (χ0n) is 20.2. The maximum Gasteiger partial charge on any atom is 0.412 e. The molecule has 3 heterocycles. The molecule has 1 spiro atoms. The molecule has 0 aliphatic carbocycles. The van der Waals surface area contributed by atoms with E-state index in [2.05, 4.69) is 5.32 Å². The van der Waals surface area contributed by atoms with E-state index in [-0.39, 0.29) is 23.8 Å². The molecule has 1 N–H and O–H groups in total. The van der Waals surface area contributed by atoms with Gasteiger partial charge in [0.2, 0.25) is 0 Å². The van der Waals surface area contributed by atoms with Crippen LogP contribution in [-0.2, 0) is 16.9 Å². The van der Waals surface area contributed by atoms with Crippen molar-refractivity contribution in [3.05, 3.63) is 100 Å². The molecule has 0 atom stereocenters. The van der Waals surface area contributed by atoms with Gasteiger partial charge in [0.25, 0.3) is 5.91 Å². The first kappa shape index (κ1) is 24.2. The van der Waals surface area contributed by atoms with E-state index in [1.165, 1.54) is 18.2 Å². The van der Waals surface area contributed by atoms with Crippen molar-refractivity contribution in [3.8, 4) is 0 Å². The van der Waals surface area contributed by atoms with Crippen molar-refractivity contribution in [2.45, 2.75) is 25.0 Å². The van der Waals surface area contributed by atoms with Crippen molar-refractivity contribution in [2.75, 3.05) is 18.4 Å². The molecule has 9 heteroatoms. The van der Waals surface area contributed by atoms with Gasteiger partial charge in [0.05, 0.1) is 23.3 Å². The average Bonchev–Trinajstić information content (AvgIpc) is 3.26. The van der Waals surface area contributed by atoms with Crippen LogP contribution in [0.3, 0.4) is 0 Å². The predicted molar refractivity (Wildman–Crippen MR) is 141 cm³/mol. The van der Waals surface area contributed by atoms with Gasteiger partial charge in [-0.05, 0) is 30.3 Å². The van der Waals surface area contributed by atoms with E-state index in [0.29, 0.717) is 47.4 Å². The monoisotopic (exact) mass is 531 g/mol. The Bertz CT molecular complexity index is 1610. The van der Waals surface area contributed by atoms with Crippen LogP contribution in [0, 0.1) is 5.82 Å². The summed E-state index contributed by atoms with van der Waals surface area (Å²) in [7, 11) is 0. The molecule has 7 nitrogen and oxygen atoms in total. The van der Waals surface area contributed by atoms with E-state index in [9.17, 15) is 18.8 Å². The maximum absolute atomic E-state index is 13.7.